The minimum atomic E-state index is -3.73. The third-order valence-corrected chi connectivity index (χ3v) is 6.02. The quantitative estimate of drug-likeness (QED) is 0.815. The van der Waals surface area contributed by atoms with Gasteiger partial charge < -0.3 is 15.0 Å². The molecule has 3 heterocycles. The third kappa shape index (κ3) is 3.00. The van der Waals surface area contributed by atoms with E-state index in [9.17, 15) is 8.42 Å². The van der Waals surface area contributed by atoms with E-state index in [0.29, 0.717) is 19.6 Å². The maximum absolute atomic E-state index is 12.2. The lowest BCUT2D eigenvalue weighted by Crippen LogP contribution is -2.26. The molecule has 3 N–H and O–H groups in total. The van der Waals surface area contributed by atoms with E-state index >= 15 is 0 Å². The number of sulfonamides is 1. The minimum absolute atomic E-state index is 0.0978. The Bertz CT molecular complexity index is 738. The minimum Gasteiger partial charge on any atom is -0.380 e. The molecule has 0 amide bonds. The summed E-state index contributed by atoms with van der Waals surface area (Å²) in [6.07, 6.45) is 1.33. The van der Waals surface area contributed by atoms with Crippen LogP contribution in [0.2, 0.25) is 0 Å². The second-order valence-corrected chi connectivity index (χ2v) is 7.75. The fourth-order valence-electron chi connectivity index (χ4n) is 2.26. The zero-order valence-electron chi connectivity index (χ0n) is 12.0. The highest BCUT2D eigenvalue weighted by molar-refractivity contribution is 7.89. The van der Waals surface area contributed by atoms with E-state index < -0.39 is 10.0 Å². The number of aromatic nitrogens is 2. The molecule has 2 aromatic rings. The summed E-state index contributed by atoms with van der Waals surface area (Å²) in [5, 5.41) is 4.35. The van der Waals surface area contributed by atoms with Crippen LogP contribution in [0.5, 0.6) is 0 Å². The van der Waals surface area contributed by atoms with Crippen molar-refractivity contribution in [3.05, 3.63) is 21.3 Å². The van der Waals surface area contributed by atoms with Gasteiger partial charge in [0.05, 0.1) is 28.8 Å². The fraction of sp³-hybridized carbons (Fsp3) is 0.500. The van der Waals surface area contributed by atoms with Crippen molar-refractivity contribution in [1.29, 1.82) is 0 Å². The molecule has 10 heteroatoms. The van der Waals surface area contributed by atoms with E-state index in [-0.39, 0.29) is 23.0 Å². The van der Waals surface area contributed by atoms with E-state index in [4.69, 9.17) is 15.0 Å². The van der Waals surface area contributed by atoms with Gasteiger partial charge in [-0.2, -0.15) is 0 Å². The molecule has 22 heavy (non-hydrogen) atoms. The van der Waals surface area contributed by atoms with Gasteiger partial charge in [-0.25, -0.2) is 18.1 Å². The lowest BCUT2D eigenvalue weighted by molar-refractivity contribution is 0.112. The molecule has 0 aromatic carbocycles. The Morgan fingerprint density at radius 1 is 1.45 bits per heavy atom. The van der Waals surface area contributed by atoms with Crippen LogP contribution in [0.15, 0.2) is 9.42 Å². The molecule has 0 spiro atoms. The number of nitrogens with zero attached hydrogens (tertiary/aromatic N) is 2. The van der Waals surface area contributed by atoms with Gasteiger partial charge in [-0.3, -0.25) is 0 Å². The maximum Gasteiger partial charge on any atom is 0.247 e. The molecule has 2 aromatic heterocycles. The summed E-state index contributed by atoms with van der Waals surface area (Å²) < 4.78 is 37.0. The van der Waals surface area contributed by atoms with Gasteiger partial charge in [0.15, 0.2) is 16.5 Å². The van der Waals surface area contributed by atoms with Crippen LogP contribution in [-0.4, -0.2) is 31.7 Å². The van der Waals surface area contributed by atoms with Crippen molar-refractivity contribution < 1.29 is 17.7 Å². The molecule has 3 rings (SSSR count). The monoisotopic (exact) mass is 344 g/mol. The standard InChI is InChI=1S/C12H16N4O4S2/c1-7-11(12(13)16-20-7)22(17,18)14-4-2-10-15-8-3-5-19-6-9(8)21-10/h14H,2-6H2,1H3,(H2,13,16). The first-order valence-corrected chi connectivity index (χ1v) is 9.04. The molecule has 8 nitrogen and oxygen atoms in total. The fourth-order valence-corrected chi connectivity index (χ4v) is 4.55. The number of thiazole rings is 1. The average Bonchev–Trinajstić information content (AvgIpc) is 3.01. The Balaban J connectivity index is 1.64. The van der Waals surface area contributed by atoms with Gasteiger partial charge in [0.25, 0.3) is 0 Å². The first-order valence-electron chi connectivity index (χ1n) is 6.74. The van der Waals surface area contributed by atoms with Gasteiger partial charge >= 0.3 is 0 Å². The number of hydrogen-bond acceptors (Lipinski definition) is 8. The van der Waals surface area contributed by atoms with Crippen molar-refractivity contribution in [2.75, 3.05) is 18.9 Å². The van der Waals surface area contributed by atoms with Crippen LogP contribution in [-0.2, 0) is 34.2 Å². The van der Waals surface area contributed by atoms with Crippen molar-refractivity contribution in [1.82, 2.24) is 14.9 Å². The maximum atomic E-state index is 12.2. The van der Waals surface area contributed by atoms with E-state index in [1.165, 1.54) is 6.92 Å². The Kier molecular flexibility index (Phi) is 4.17. The van der Waals surface area contributed by atoms with Crippen molar-refractivity contribution in [3.8, 4) is 0 Å². The number of hydrogen-bond donors (Lipinski definition) is 2. The van der Waals surface area contributed by atoms with E-state index in [0.717, 1.165) is 22.0 Å². The van der Waals surface area contributed by atoms with Crippen LogP contribution in [0.4, 0.5) is 5.82 Å². The molecular weight excluding hydrogens is 328 g/mol. The Morgan fingerprint density at radius 2 is 2.27 bits per heavy atom. The van der Waals surface area contributed by atoms with Gasteiger partial charge in [-0.05, 0) is 6.92 Å². The molecule has 0 aliphatic carbocycles. The summed E-state index contributed by atoms with van der Waals surface area (Å²) in [6.45, 7) is 3.02. The molecule has 1 aliphatic heterocycles. The molecule has 0 unspecified atom stereocenters. The van der Waals surface area contributed by atoms with E-state index in [2.05, 4.69) is 14.9 Å². The number of rotatable bonds is 5. The second kappa shape index (κ2) is 5.95. The highest BCUT2D eigenvalue weighted by Gasteiger charge is 2.24. The second-order valence-electron chi connectivity index (χ2n) is 4.88. The summed E-state index contributed by atoms with van der Waals surface area (Å²) in [5.41, 5.74) is 6.59. The van der Waals surface area contributed by atoms with E-state index in [1.54, 1.807) is 11.3 Å². The highest BCUT2D eigenvalue weighted by atomic mass is 32.2. The first-order chi connectivity index (χ1) is 10.5. The molecule has 0 radical (unpaired) electrons. The molecule has 0 bridgehead atoms. The van der Waals surface area contributed by atoms with Crippen molar-refractivity contribution in [2.24, 2.45) is 0 Å². The van der Waals surface area contributed by atoms with Gasteiger partial charge in [-0.1, -0.05) is 5.16 Å². The Labute approximate surface area is 131 Å². The number of fused-ring (bicyclic) bond motifs is 1. The first kappa shape index (κ1) is 15.4. The zero-order chi connectivity index (χ0) is 15.7. The number of nitrogens with one attached hydrogen (secondary N) is 1. The third-order valence-electron chi connectivity index (χ3n) is 3.27. The van der Waals surface area contributed by atoms with Gasteiger partial charge in [0.2, 0.25) is 10.0 Å². The Morgan fingerprint density at radius 3 is 2.95 bits per heavy atom. The van der Waals surface area contributed by atoms with Crippen molar-refractivity contribution in [2.45, 2.75) is 31.3 Å². The number of nitrogen functional groups attached to an aromatic ring is 1. The molecular formula is C12H16N4O4S2. The predicted octanol–water partition coefficient (Wildman–Crippen LogP) is 0.615. The lowest BCUT2D eigenvalue weighted by Gasteiger charge is -2.08. The van der Waals surface area contributed by atoms with Crippen molar-refractivity contribution in [3.63, 3.8) is 0 Å². The van der Waals surface area contributed by atoms with Crippen molar-refractivity contribution >= 4 is 27.2 Å². The average molecular weight is 344 g/mol. The summed E-state index contributed by atoms with van der Waals surface area (Å²) in [7, 11) is -3.73. The van der Waals surface area contributed by atoms with Gasteiger partial charge in [-0.15, -0.1) is 11.3 Å². The Hall–Kier alpha value is -1.49. The summed E-state index contributed by atoms with van der Waals surface area (Å²) in [5.74, 6) is 0.0405. The van der Waals surface area contributed by atoms with Crippen LogP contribution in [0, 0.1) is 6.92 Å². The molecule has 120 valence electrons. The molecule has 0 fully saturated rings. The largest absolute Gasteiger partial charge is 0.380 e. The topological polar surface area (TPSA) is 120 Å². The van der Waals surface area contributed by atoms with E-state index in [1.807, 2.05) is 0 Å². The summed E-state index contributed by atoms with van der Waals surface area (Å²) in [4.78, 5) is 5.55. The van der Waals surface area contributed by atoms with Crippen LogP contribution >= 0.6 is 11.3 Å². The van der Waals surface area contributed by atoms with Crippen LogP contribution in [0.1, 0.15) is 21.3 Å². The SMILES string of the molecule is Cc1onc(N)c1S(=O)(=O)NCCc1nc2c(s1)COCC2. The lowest BCUT2D eigenvalue weighted by atomic mass is 10.2. The number of ether oxygens (including phenoxy) is 1. The van der Waals surface area contributed by atoms with Crippen LogP contribution in [0.25, 0.3) is 0 Å². The van der Waals surface area contributed by atoms with Gasteiger partial charge in [0.1, 0.15) is 0 Å². The number of nitrogens with two attached hydrogens (primary N) is 1. The zero-order valence-corrected chi connectivity index (χ0v) is 13.6. The smallest absolute Gasteiger partial charge is 0.247 e. The number of aryl methyl sites for hydroxylation is 1. The van der Waals surface area contributed by atoms with Crippen LogP contribution in [0.3, 0.4) is 0 Å². The highest BCUT2D eigenvalue weighted by Crippen LogP contribution is 2.24. The summed E-state index contributed by atoms with van der Waals surface area (Å²) in [6, 6.07) is 0. The molecule has 0 atom stereocenters. The predicted molar refractivity (Wildman–Crippen MR) is 80.0 cm³/mol. The number of anilines is 1. The molecule has 0 saturated heterocycles. The van der Waals surface area contributed by atoms with Crippen LogP contribution < -0.4 is 10.5 Å². The van der Waals surface area contributed by atoms with Gasteiger partial charge in [0, 0.05) is 19.4 Å². The normalized spacial score (nSPS) is 15.0. The molecule has 0 saturated carbocycles. The summed E-state index contributed by atoms with van der Waals surface area (Å²) >= 11 is 1.56. The molecule has 1 aliphatic rings.